The molecular formula is C20H22N2O4. The van der Waals surface area contributed by atoms with Crippen LogP contribution in [0.4, 0.5) is 4.79 Å². The van der Waals surface area contributed by atoms with Gasteiger partial charge in [-0.15, -0.1) is 0 Å². The maximum Gasteiger partial charge on any atom is 0.509 e. The predicted octanol–water partition coefficient (Wildman–Crippen LogP) is 3.30. The first kappa shape index (κ1) is 16.8. The number of fused-ring (bicyclic) bond motifs is 1. The quantitative estimate of drug-likeness (QED) is 0.735. The summed E-state index contributed by atoms with van der Waals surface area (Å²) in [7, 11) is 0. The molecule has 0 atom stereocenters. The minimum absolute atomic E-state index is 0.00518. The summed E-state index contributed by atoms with van der Waals surface area (Å²) in [6, 6.07) is 5.98. The van der Waals surface area contributed by atoms with Gasteiger partial charge >= 0.3 is 6.16 Å². The summed E-state index contributed by atoms with van der Waals surface area (Å²) in [5.41, 5.74) is 4.03. The Bertz CT molecular complexity index is 914. The third-order valence-corrected chi connectivity index (χ3v) is 5.32. The average molecular weight is 354 g/mol. The summed E-state index contributed by atoms with van der Waals surface area (Å²) < 4.78 is 10.3. The van der Waals surface area contributed by atoms with E-state index in [2.05, 4.69) is 11.1 Å². The molecule has 1 aromatic carbocycles. The van der Waals surface area contributed by atoms with Crippen LogP contribution in [0.15, 0.2) is 18.2 Å². The Balaban J connectivity index is 1.64. The first-order valence-corrected chi connectivity index (χ1v) is 8.91. The second-order valence-electron chi connectivity index (χ2n) is 7.41. The lowest BCUT2D eigenvalue weighted by Gasteiger charge is -2.36. The fraction of sp³-hybridized carbons (Fsp3) is 0.450. The van der Waals surface area contributed by atoms with Gasteiger partial charge in [-0.05, 0) is 38.5 Å². The molecule has 1 spiro atoms. The van der Waals surface area contributed by atoms with Crippen molar-refractivity contribution in [2.24, 2.45) is 0 Å². The monoisotopic (exact) mass is 354 g/mol. The highest BCUT2D eigenvalue weighted by atomic mass is 16.8. The van der Waals surface area contributed by atoms with Gasteiger partial charge in [-0.1, -0.05) is 11.6 Å². The van der Waals surface area contributed by atoms with E-state index < -0.39 is 11.8 Å². The smallest absolute Gasteiger partial charge is 0.430 e. The number of hydrogen-bond donors (Lipinski definition) is 0. The highest BCUT2D eigenvalue weighted by Crippen LogP contribution is 2.33. The number of piperidine rings is 1. The molecule has 26 heavy (non-hydrogen) atoms. The molecule has 1 aromatic heterocycles. The molecular weight excluding hydrogens is 332 g/mol. The van der Waals surface area contributed by atoms with Crippen LogP contribution in [0, 0.1) is 20.8 Å². The van der Waals surface area contributed by atoms with Gasteiger partial charge in [0.05, 0.1) is 11.1 Å². The number of aromatic nitrogens is 1. The number of carbonyl (C=O) groups is 2. The Hall–Kier alpha value is -2.63. The lowest BCUT2D eigenvalue weighted by molar-refractivity contribution is 0.00287. The van der Waals surface area contributed by atoms with Gasteiger partial charge in [0.1, 0.15) is 6.61 Å². The lowest BCUT2D eigenvalue weighted by Crippen LogP contribution is -2.48. The average Bonchev–Trinajstić information content (AvgIpc) is 2.95. The van der Waals surface area contributed by atoms with E-state index >= 15 is 0 Å². The first-order chi connectivity index (χ1) is 12.4. The van der Waals surface area contributed by atoms with Gasteiger partial charge < -0.3 is 14.4 Å². The number of ether oxygens (including phenoxy) is 2. The number of likely N-dealkylation sites (tertiary alicyclic amines) is 1. The zero-order valence-corrected chi connectivity index (χ0v) is 15.3. The van der Waals surface area contributed by atoms with Crippen LogP contribution in [0.2, 0.25) is 0 Å². The van der Waals surface area contributed by atoms with Crippen LogP contribution in [-0.2, 0) is 9.47 Å². The second kappa shape index (κ2) is 5.97. The number of amides is 1. The Morgan fingerprint density at radius 1 is 1.15 bits per heavy atom. The van der Waals surface area contributed by atoms with Crippen LogP contribution in [-0.4, -0.2) is 47.2 Å². The maximum absolute atomic E-state index is 13.2. The third kappa shape index (κ3) is 2.79. The summed E-state index contributed by atoms with van der Waals surface area (Å²) in [4.78, 5) is 30.9. The van der Waals surface area contributed by atoms with Crippen molar-refractivity contribution in [3.63, 3.8) is 0 Å². The third-order valence-electron chi connectivity index (χ3n) is 5.32. The Kier molecular flexibility index (Phi) is 3.86. The van der Waals surface area contributed by atoms with Crippen LogP contribution in [0.3, 0.4) is 0 Å². The first-order valence-electron chi connectivity index (χ1n) is 8.91. The Morgan fingerprint density at radius 2 is 1.88 bits per heavy atom. The number of aryl methyl sites for hydroxylation is 3. The molecule has 0 saturated carbocycles. The number of pyridine rings is 1. The van der Waals surface area contributed by atoms with Gasteiger partial charge in [0.15, 0.2) is 5.60 Å². The molecule has 136 valence electrons. The maximum atomic E-state index is 13.2. The molecule has 0 N–H and O–H groups in total. The van der Waals surface area contributed by atoms with E-state index in [1.807, 2.05) is 37.8 Å². The fourth-order valence-electron chi connectivity index (χ4n) is 3.95. The van der Waals surface area contributed by atoms with E-state index in [1.165, 1.54) is 0 Å². The minimum atomic E-state index is -0.605. The van der Waals surface area contributed by atoms with Crippen molar-refractivity contribution in [3.8, 4) is 0 Å². The minimum Gasteiger partial charge on any atom is -0.430 e. The molecule has 2 aliphatic heterocycles. The molecule has 2 fully saturated rings. The van der Waals surface area contributed by atoms with Gasteiger partial charge in [-0.25, -0.2) is 4.79 Å². The van der Waals surface area contributed by atoms with Gasteiger partial charge in [0, 0.05) is 37.0 Å². The lowest BCUT2D eigenvalue weighted by atomic mass is 9.91. The molecule has 0 bridgehead atoms. The molecule has 2 aliphatic rings. The Morgan fingerprint density at radius 3 is 2.54 bits per heavy atom. The summed E-state index contributed by atoms with van der Waals surface area (Å²) in [6.07, 6.45) is 0.598. The van der Waals surface area contributed by atoms with Gasteiger partial charge in [0.2, 0.25) is 0 Å². The molecule has 0 aliphatic carbocycles. The van der Waals surface area contributed by atoms with Gasteiger partial charge in [0.25, 0.3) is 5.91 Å². The molecule has 4 rings (SSSR count). The fourth-order valence-corrected chi connectivity index (χ4v) is 3.95. The van der Waals surface area contributed by atoms with E-state index in [9.17, 15) is 9.59 Å². The number of carbonyl (C=O) groups excluding carboxylic acids is 2. The van der Waals surface area contributed by atoms with Crippen LogP contribution >= 0.6 is 0 Å². The molecule has 1 amide bonds. The summed E-state index contributed by atoms with van der Waals surface area (Å²) in [5, 5.41) is 0.897. The van der Waals surface area contributed by atoms with Gasteiger partial charge in [-0.2, -0.15) is 0 Å². The van der Waals surface area contributed by atoms with Crippen LogP contribution in [0.1, 0.15) is 40.0 Å². The van der Waals surface area contributed by atoms with Crippen molar-refractivity contribution >= 4 is 23.0 Å². The number of cyclic esters (lactones) is 1. The van der Waals surface area contributed by atoms with E-state index in [0.29, 0.717) is 31.5 Å². The van der Waals surface area contributed by atoms with Crippen molar-refractivity contribution in [2.75, 3.05) is 19.7 Å². The van der Waals surface area contributed by atoms with Crippen molar-refractivity contribution in [2.45, 2.75) is 39.2 Å². The largest absolute Gasteiger partial charge is 0.509 e. The van der Waals surface area contributed by atoms with E-state index in [4.69, 9.17) is 9.47 Å². The normalized spacial score (nSPS) is 18.9. The van der Waals surface area contributed by atoms with Crippen molar-refractivity contribution < 1.29 is 19.1 Å². The highest BCUT2D eigenvalue weighted by molar-refractivity contribution is 6.07. The summed E-state index contributed by atoms with van der Waals surface area (Å²) in [6.45, 7) is 7.33. The summed E-state index contributed by atoms with van der Waals surface area (Å²) in [5.74, 6) is 0.00518. The van der Waals surface area contributed by atoms with Crippen molar-refractivity contribution in [1.82, 2.24) is 9.88 Å². The SMILES string of the molecule is Cc1cc(C)c2nc(C)cc(C(=O)N3CCC4(CC3)COC(=O)O4)c2c1. The van der Waals surface area contributed by atoms with E-state index in [1.54, 1.807) is 0 Å². The highest BCUT2D eigenvalue weighted by Gasteiger charge is 2.45. The zero-order valence-electron chi connectivity index (χ0n) is 15.3. The van der Waals surface area contributed by atoms with E-state index in [-0.39, 0.29) is 12.5 Å². The topological polar surface area (TPSA) is 68.7 Å². The van der Waals surface area contributed by atoms with Crippen molar-refractivity contribution in [1.29, 1.82) is 0 Å². The molecule has 2 aromatic rings. The molecule has 3 heterocycles. The van der Waals surface area contributed by atoms with Crippen LogP contribution < -0.4 is 0 Å². The van der Waals surface area contributed by atoms with Crippen LogP contribution in [0.25, 0.3) is 10.9 Å². The van der Waals surface area contributed by atoms with E-state index in [0.717, 1.165) is 27.7 Å². The predicted molar refractivity (Wildman–Crippen MR) is 96.3 cm³/mol. The van der Waals surface area contributed by atoms with Crippen molar-refractivity contribution in [3.05, 3.63) is 40.6 Å². The van der Waals surface area contributed by atoms with Crippen LogP contribution in [0.5, 0.6) is 0 Å². The standard InChI is InChI=1S/C20H22N2O4/c1-12-8-13(2)17-15(9-12)16(10-14(3)21-17)18(23)22-6-4-20(5-7-22)11-25-19(24)26-20/h8-10H,4-7,11H2,1-3H3. The van der Waals surface area contributed by atoms with Gasteiger partial charge in [-0.3, -0.25) is 9.78 Å². The number of benzene rings is 1. The second-order valence-corrected chi connectivity index (χ2v) is 7.41. The number of nitrogens with zero attached hydrogens (tertiary/aromatic N) is 2. The summed E-state index contributed by atoms with van der Waals surface area (Å²) >= 11 is 0. The molecule has 6 heteroatoms. The molecule has 2 saturated heterocycles. The Labute approximate surface area is 152 Å². The molecule has 0 radical (unpaired) electrons. The molecule has 0 unspecified atom stereocenters. The molecule has 6 nitrogen and oxygen atoms in total. The number of rotatable bonds is 1. The zero-order chi connectivity index (χ0) is 18.5. The number of hydrogen-bond acceptors (Lipinski definition) is 5.